The Kier molecular flexibility index (Phi) is 6.07. The fraction of sp³-hybridized carbons (Fsp3) is 0.273. The molecule has 0 radical (unpaired) electrons. The van der Waals surface area contributed by atoms with Crippen LogP contribution in [-0.2, 0) is 13.0 Å². The van der Waals surface area contributed by atoms with Crippen LogP contribution in [0.25, 0.3) is 0 Å². The molecule has 1 aliphatic rings. The van der Waals surface area contributed by atoms with Gasteiger partial charge in [0, 0.05) is 11.8 Å². The standard InChI is InChI=1S/C22H26NOP/c1-23(2)16-19-11-6-7-13-20(19)25-21-14-8-12-18(22(21)24)15-17-9-4-3-5-10-17/h3-9,11-14,17,24-25H,10,15-16H2,1-2H3. The smallest absolute Gasteiger partial charge is 0.126 e. The van der Waals surface area contributed by atoms with Crippen LogP contribution in [0.15, 0.2) is 66.8 Å². The van der Waals surface area contributed by atoms with Gasteiger partial charge < -0.3 is 10.0 Å². The number of rotatable bonds is 6. The van der Waals surface area contributed by atoms with Crippen LogP contribution in [0.2, 0.25) is 0 Å². The van der Waals surface area contributed by atoms with E-state index in [9.17, 15) is 5.11 Å². The van der Waals surface area contributed by atoms with Crippen molar-refractivity contribution in [3.63, 3.8) is 0 Å². The first-order valence-corrected chi connectivity index (χ1v) is 9.77. The second-order valence-electron chi connectivity index (χ2n) is 6.85. The third-order valence-corrected chi connectivity index (χ3v) is 5.87. The lowest BCUT2D eigenvalue weighted by atomic mass is 9.93. The summed E-state index contributed by atoms with van der Waals surface area (Å²) in [6.45, 7) is 0.919. The SMILES string of the molecule is CN(C)Cc1ccccc1Pc1cccc(CC2C=CC=CC2)c1O. The van der Waals surface area contributed by atoms with Gasteiger partial charge in [-0.05, 0) is 49.3 Å². The van der Waals surface area contributed by atoms with Crippen molar-refractivity contribution in [1.29, 1.82) is 0 Å². The van der Waals surface area contributed by atoms with E-state index < -0.39 is 0 Å². The van der Waals surface area contributed by atoms with E-state index in [4.69, 9.17) is 0 Å². The summed E-state index contributed by atoms with van der Waals surface area (Å²) in [6.07, 6.45) is 10.6. The maximum Gasteiger partial charge on any atom is 0.126 e. The van der Waals surface area contributed by atoms with Gasteiger partial charge in [-0.1, -0.05) is 75.3 Å². The van der Waals surface area contributed by atoms with Crippen LogP contribution in [0.3, 0.4) is 0 Å². The van der Waals surface area contributed by atoms with Crippen molar-refractivity contribution < 1.29 is 5.11 Å². The molecular formula is C22H26NOP. The summed E-state index contributed by atoms with van der Waals surface area (Å²) in [7, 11) is 4.65. The van der Waals surface area contributed by atoms with Crippen molar-refractivity contribution in [2.24, 2.45) is 5.92 Å². The molecule has 0 amide bonds. The Balaban J connectivity index is 1.81. The second kappa shape index (κ2) is 8.47. The number of nitrogens with zero attached hydrogens (tertiary/aromatic N) is 1. The van der Waals surface area contributed by atoms with Gasteiger partial charge in [-0.25, -0.2) is 0 Å². The quantitative estimate of drug-likeness (QED) is 0.801. The molecule has 0 aromatic heterocycles. The van der Waals surface area contributed by atoms with E-state index in [-0.39, 0.29) is 0 Å². The first-order chi connectivity index (χ1) is 12.1. The molecule has 130 valence electrons. The number of aromatic hydroxyl groups is 1. The van der Waals surface area contributed by atoms with Gasteiger partial charge >= 0.3 is 0 Å². The van der Waals surface area contributed by atoms with E-state index in [2.05, 4.69) is 85.8 Å². The van der Waals surface area contributed by atoms with E-state index in [1.807, 2.05) is 0 Å². The number of hydrogen-bond donors (Lipinski definition) is 1. The van der Waals surface area contributed by atoms with E-state index in [1.54, 1.807) is 0 Å². The summed E-state index contributed by atoms with van der Waals surface area (Å²) < 4.78 is 0. The molecule has 3 heteroatoms. The second-order valence-corrected chi connectivity index (χ2v) is 8.17. The minimum absolute atomic E-state index is 0.474. The Labute approximate surface area is 152 Å². The van der Waals surface area contributed by atoms with Gasteiger partial charge in [-0.15, -0.1) is 0 Å². The molecule has 1 N–H and O–H groups in total. The van der Waals surface area contributed by atoms with Gasteiger partial charge in [0.15, 0.2) is 0 Å². The molecule has 2 unspecified atom stereocenters. The third-order valence-electron chi connectivity index (χ3n) is 4.44. The van der Waals surface area contributed by atoms with Crippen molar-refractivity contribution >= 4 is 19.2 Å². The Morgan fingerprint density at radius 1 is 1.00 bits per heavy atom. The maximum absolute atomic E-state index is 10.8. The zero-order valence-corrected chi connectivity index (χ0v) is 15.9. The number of phenolic OH excluding ortho intramolecular Hbond substituents is 1. The van der Waals surface area contributed by atoms with Crippen LogP contribution >= 0.6 is 8.58 Å². The van der Waals surface area contributed by atoms with Crippen LogP contribution in [0, 0.1) is 5.92 Å². The van der Waals surface area contributed by atoms with Crippen molar-refractivity contribution in [3.05, 3.63) is 77.9 Å². The summed E-state index contributed by atoms with van der Waals surface area (Å²) in [5, 5.41) is 13.2. The van der Waals surface area contributed by atoms with Gasteiger partial charge in [0.05, 0.1) is 0 Å². The fourth-order valence-electron chi connectivity index (χ4n) is 3.19. The Hall–Kier alpha value is -1.89. The highest BCUT2D eigenvalue weighted by Crippen LogP contribution is 2.27. The highest BCUT2D eigenvalue weighted by atomic mass is 31.1. The van der Waals surface area contributed by atoms with Crippen LogP contribution in [-0.4, -0.2) is 24.1 Å². The van der Waals surface area contributed by atoms with Gasteiger partial charge in [0.1, 0.15) is 5.75 Å². The zero-order chi connectivity index (χ0) is 17.6. The van der Waals surface area contributed by atoms with E-state index in [1.165, 1.54) is 10.9 Å². The summed E-state index contributed by atoms with van der Waals surface area (Å²) in [4.78, 5) is 2.18. The van der Waals surface area contributed by atoms with Crippen LogP contribution in [0.5, 0.6) is 5.75 Å². The normalized spacial score (nSPS) is 17.0. The minimum Gasteiger partial charge on any atom is -0.507 e. The molecule has 2 aromatic rings. The summed E-state index contributed by atoms with van der Waals surface area (Å²) in [5.41, 5.74) is 2.39. The molecule has 2 nitrogen and oxygen atoms in total. The molecule has 0 saturated heterocycles. The molecule has 3 rings (SSSR count). The number of hydrogen-bond acceptors (Lipinski definition) is 2. The monoisotopic (exact) mass is 351 g/mol. The number of para-hydroxylation sites is 1. The molecule has 0 bridgehead atoms. The zero-order valence-electron chi connectivity index (χ0n) is 14.9. The molecule has 0 aliphatic heterocycles. The molecular weight excluding hydrogens is 325 g/mol. The van der Waals surface area contributed by atoms with Crippen molar-refractivity contribution in [2.45, 2.75) is 19.4 Å². The molecule has 0 heterocycles. The maximum atomic E-state index is 10.8. The van der Waals surface area contributed by atoms with Gasteiger partial charge in [0.25, 0.3) is 0 Å². The summed E-state index contributed by atoms with van der Waals surface area (Å²) in [6, 6.07) is 14.7. The highest BCUT2D eigenvalue weighted by molar-refractivity contribution is 7.55. The Bertz CT molecular complexity index is 779. The van der Waals surface area contributed by atoms with E-state index in [0.29, 0.717) is 20.2 Å². The Morgan fingerprint density at radius 2 is 1.76 bits per heavy atom. The molecule has 2 aromatic carbocycles. The number of phenols is 1. The van der Waals surface area contributed by atoms with Gasteiger partial charge in [-0.3, -0.25) is 0 Å². The lowest BCUT2D eigenvalue weighted by Gasteiger charge is -2.17. The molecule has 0 spiro atoms. The molecule has 2 atom stereocenters. The minimum atomic E-state index is 0.474. The molecule has 25 heavy (non-hydrogen) atoms. The predicted molar refractivity (Wildman–Crippen MR) is 110 cm³/mol. The summed E-state index contributed by atoms with van der Waals surface area (Å²) >= 11 is 0. The van der Waals surface area contributed by atoms with E-state index in [0.717, 1.165) is 30.3 Å². The van der Waals surface area contributed by atoms with E-state index >= 15 is 0 Å². The average Bonchev–Trinajstić information content (AvgIpc) is 2.60. The average molecular weight is 351 g/mol. The van der Waals surface area contributed by atoms with Crippen molar-refractivity contribution in [2.75, 3.05) is 14.1 Å². The van der Waals surface area contributed by atoms with Crippen LogP contribution < -0.4 is 10.6 Å². The Morgan fingerprint density at radius 3 is 2.52 bits per heavy atom. The predicted octanol–water partition coefficient (Wildman–Crippen LogP) is 3.76. The topological polar surface area (TPSA) is 23.5 Å². The lowest BCUT2D eigenvalue weighted by Crippen LogP contribution is -2.17. The first kappa shape index (κ1) is 17.9. The van der Waals surface area contributed by atoms with Crippen LogP contribution in [0.1, 0.15) is 17.5 Å². The molecule has 0 saturated carbocycles. The largest absolute Gasteiger partial charge is 0.507 e. The van der Waals surface area contributed by atoms with Gasteiger partial charge in [0.2, 0.25) is 0 Å². The van der Waals surface area contributed by atoms with Crippen molar-refractivity contribution in [1.82, 2.24) is 4.90 Å². The fourth-order valence-corrected chi connectivity index (χ4v) is 4.44. The van der Waals surface area contributed by atoms with Crippen LogP contribution in [0.4, 0.5) is 0 Å². The number of allylic oxidation sites excluding steroid dienone is 4. The van der Waals surface area contributed by atoms with Gasteiger partial charge in [-0.2, -0.15) is 0 Å². The highest BCUT2D eigenvalue weighted by Gasteiger charge is 2.14. The van der Waals surface area contributed by atoms with Crippen molar-refractivity contribution in [3.8, 4) is 5.75 Å². The third kappa shape index (κ3) is 4.81. The first-order valence-electron chi connectivity index (χ1n) is 8.77. The molecule has 1 aliphatic carbocycles. The molecule has 0 fully saturated rings. The number of benzene rings is 2. The summed E-state index contributed by atoms with van der Waals surface area (Å²) in [5.74, 6) is 0.957. The lowest BCUT2D eigenvalue weighted by molar-refractivity contribution is 0.403.